The molecular weight excluding hydrogens is 1200 g/mol. The molecule has 0 saturated carbocycles. The van der Waals surface area contributed by atoms with E-state index in [0.717, 1.165) is 106 Å². The first-order valence-electron chi connectivity index (χ1n) is 33.1. The van der Waals surface area contributed by atoms with Crippen LogP contribution in [-0.2, 0) is 10.8 Å². The van der Waals surface area contributed by atoms with Gasteiger partial charge < -0.3 is 9.47 Å². The highest BCUT2D eigenvalue weighted by atomic mass is 16.5. The van der Waals surface area contributed by atoms with Gasteiger partial charge >= 0.3 is 0 Å². The molecule has 8 heteroatoms. The molecule has 2 spiro atoms. The summed E-state index contributed by atoms with van der Waals surface area (Å²) in [4.78, 5) is 31.7. The van der Waals surface area contributed by atoms with Crippen molar-refractivity contribution in [3.05, 3.63) is 372 Å². The van der Waals surface area contributed by atoms with Crippen LogP contribution in [0, 0.1) is 0 Å². The second-order valence-electron chi connectivity index (χ2n) is 25.5. The number of para-hydroxylation sites is 4. The Hall–Kier alpha value is -13.0. The zero-order valence-electron chi connectivity index (χ0n) is 52.7. The Balaban J connectivity index is 0.694. The van der Waals surface area contributed by atoms with Crippen LogP contribution in [0.2, 0.25) is 0 Å². The third kappa shape index (κ3) is 8.25. The Morgan fingerprint density at radius 2 is 0.551 bits per heavy atom. The van der Waals surface area contributed by atoms with Crippen LogP contribution in [0.4, 0.5) is 0 Å². The van der Waals surface area contributed by atoms with Crippen LogP contribution < -0.4 is 9.47 Å². The van der Waals surface area contributed by atoms with Gasteiger partial charge in [-0.15, -0.1) is 0 Å². The van der Waals surface area contributed by atoms with Crippen LogP contribution >= 0.6 is 0 Å². The van der Waals surface area contributed by atoms with E-state index in [9.17, 15) is 0 Å². The predicted octanol–water partition coefficient (Wildman–Crippen LogP) is 21.5. The lowest BCUT2D eigenvalue weighted by molar-refractivity contribution is 0.437. The second-order valence-corrected chi connectivity index (χ2v) is 25.5. The maximum Gasteiger partial charge on any atom is 0.167 e. The van der Waals surface area contributed by atoms with E-state index < -0.39 is 10.8 Å². The van der Waals surface area contributed by atoms with Gasteiger partial charge in [-0.1, -0.05) is 291 Å². The molecule has 98 heavy (non-hydrogen) atoms. The van der Waals surface area contributed by atoms with Crippen LogP contribution in [0.15, 0.2) is 328 Å². The highest BCUT2D eigenvalue weighted by Crippen LogP contribution is 2.66. The molecule has 14 aromatic carbocycles. The topological polar surface area (TPSA) is 95.8 Å². The molecular formula is C90H54N6O2. The molecule has 1 unspecified atom stereocenters. The van der Waals surface area contributed by atoms with E-state index in [1.54, 1.807) is 0 Å². The Morgan fingerprint density at radius 1 is 0.194 bits per heavy atom. The molecule has 1 atom stereocenters. The average molecular weight is 1250 g/mol. The van der Waals surface area contributed by atoms with E-state index >= 15 is 0 Å². The highest BCUT2D eigenvalue weighted by Gasteiger charge is 2.54. The van der Waals surface area contributed by atoms with Gasteiger partial charge in [0.1, 0.15) is 23.0 Å². The number of hydrogen-bond donors (Lipinski definition) is 0. The van der Waals surface area contributed by atoms with Gasteiger partial charge in [-0.05, 0) is 114 Å². The quantitative estimate of drug-likeness (QED) is 0.148. The third-order valence-corrected chi connectivity index (χ3v) is 20.3. The van der Waals surface area contributed by atoms with Gasteiger partial charge in [0, 0.05) is 44.5 Å². The Bertz CT molecular complexity index is 5930. The molecule has 16 aromatic rings. The lowest BCUT2D eigenvalue weighted by atomic mass is 9.65. The summed E-state index contributed by atoms with van der Waals surface area (Å²) in [5.41, 5.74) is 21.8. The fraction of sp³-hybridized carbons (Fsp3) is 0.0222. The van der Waals surface area contributed by atoms with Crippen molar-refractivity contribution < 1.29 is 9.47 Å². The maximum absolute atomic E-state index is 7.25. The summed E-state index contributed by atoms with van der Waals surface area (Å²) in [5.74, 6) is 6.34. The summed E-state index contributed by atoms with van der Waals surface area (Å²) < 4.78 is 14.4. The number of aromatic nitrogens is 6. The molecule has 0 N–H and O–H groups in total. The molecule has 456 valence electrons. The van der Waals surface area contributed by atoms with E-state index in [0.29, 0.717) is 40.7 Å². The molecule has 4 heterocycles. The SMILES string of the molecule is c1ccc(-c2nc(-c3ccc(-c4cccc(-c5cccc6c5-c5ccccc5C65c6ccccc6Oc6c(-c7nc(-c8ccccc8)nc(-c8ccc9ccccc9c8)n7)cccc65)c4)cc3)nc(-c3cccc4c3Oc3ccccc3C43c4ccccc4-c4ccccc43)n2)cc1. The molecule has 0 bridgehead atoms. The predicted molar refractivity (Wildman–Crippen MR) is 389 cm³/mol. The van der Waals surface area contributed by atoms with Crippen molar-refractivity contribution in [3.8, 4) is 136 Å². The molecule has 2 aliphatic heterocycles. The van der Waals surface area contributed by atoms with Gasteiger partial charge in [-0.2, -0.15) is 0 Å². The Morgan fingerprint density at radius 3 is 1.12 bits per heavy atom. The van der Waals surface area contributed by atoms with Crippen LogP contribution in [0.5, 0.6) is 23.0 Å². The van der Waals surface area contributed by atoms with Crippen molar-refractivity contribution in [1.82, 2.24) is 29.9 Å². The first-order chi connectivity index (χ1) is 48.6. The van der Waals surface area contributed by atoms with Gasteiger partial charge in [0.25, 0.3) is 0 Å². The highest BCUT2D eigenvalue weighted by molar-refractivity contribution is 5.98. The summed E-state index contributed by atoms with van der Waals surface area (Å²) in [6.07, 6.45) is 0. The standard InChI is InChI=1S/C90H54N6O2/c1-3-24-57(25-4-1)83-91-85(95-87(93-83)68-35-21-43-76-81(68)97-78-45-17-15-40-73(78)89(76)70-37-12-9-31-65(70)66-32-10-13-38-71(66)89)59-50-47-56(48-51-59)61-29-19-30-62(53-61)64-34-20-42-75-80(64)67-33-11-14-39-72(67)90(75)74-41-16-18-46-79(74)98-82-69(36-22-44-77(82)90)88-94-84(58-26-5-2-6-27-58)92-86(96-88)63-52-49-55-23-7-8-28-60(55)54-63/h1-54H. The smallest absolute Gasteiger partial charge is 0.167 e. The Kier molecular flexibility index (Phi) is 12.3. The first-order valence-corrected chi connectivity index (χ1v) is 33.1. The number of rotatable bonds is 8. The summed E-state index contributed by atoms with van der Waals surface area (Å²) in [6, 6.07) is 116. The molecule has 4 aliphatic rings. The summed E-state index contributed by atoms with van der Waals surface area (Å²) in [5, 5.41) is 2.26. The normalized spacial score (nSPS) is 14.4. The summed E-state index contributed by atoms with van der Waals surface area (Å²) in [6.45, 7) is 0. The van der Waals surface area contributed by atoms with Crippen molar-refractivity contribution >= 4 is 10.8 Å². The van der Waals surface area contributed by atoms with E-state index in [1.165, 1.54) is 44.5 Å². The number of nitrogens with zero attached hydrogens (tertiary/aromatic N) is 6. The number of hydrogen-bond acceptors (Lipinski definition) is 8. The summed E-state index contributed by atoms with van der Waals surface area (Å²) in [7, 11) is 0. The van der Waals surface area contributed by atoms with Crippen LogP contribution in [0.1, 0.15) is 44.5 Å². The van der Waals surface area contributed by atoms with Crippen molar-refractivity contribution in [3.63, 3.8) is 0 Å². The van der Waals surface area contributed by atoms with Crippen LogP contribution in [0.25, 0.3) is 124 Å². The van der Waals surface area contributed by atoms with Gasteiger partial charge in [0.2, 0.25) is 0 Å². The first kappa shape index (κ1) is 55.4. The minimum atomic E-state index is -0.782. The van der Waals surface area contributed by atoms with Crippen LogP contribution in [-0.4, -0.2) is 29.9 Å². The fourth-order valence-corrected chi connectivity index (χ4v) is 16.1. The number of ether oxygens (including phenoxy) is 2. The van der Waals surface area contributed by atoms with E-state index in [1.807, 2.05) is 54.6 Å². The molecule has 20 rings (SSSR count). The van der Waals surface area contributed by atoms with E-state index in [-0.39, 0.29) is 0 Å². The molecule has 2 aromatic heterocycles. The fourth-order valence-electron chi connectivity index (χ4n) is 16.1. The second kappa shape index (κ2) is 21.8. The van der Waals surface area contributed by atoms with Crippen molar-refractivity contribution in [2.75, 3.05) is 0 Å². The maximum atomic E-state index is 7.25. The minimum absolute atomic E-state index is 0.523. The van der Waals surface area contributed by atoms with Crippen molar-refractivity contribution in [2.24, 2.45) is 0 Å². The van der Waals surface area contributed by atoms with E-state index in [4.69, 9.17) is 39.4 Å². The lowest BCUT2D eigenvalue weighted by Gasteiger charge is -2.40. The molecule has 8 nitrogen and oxygen atoms in total. The molecule has 0 saturated heterocycles. The Labute approximate surface area is 565 Å². The molecule has 0 fully saturated rings. The zero-order valence-corrected chi connectivity index (χ0v) is 52.7. The monoisotopic (exact) mass is 1250 g/mol. The minimum Gasteiger partial charge on any atom is -0.456 e. The molecule has 0 radical (unpaired) electrons. The zero-order chi connectivity index (χ0) is 64.5. The largest absolute Gasteiger partial charge is 0.456 e. The third-order valence-electron chi connectivity index (χ3n) is 20.3. The van der Waals surface area contributed by atoms with Crippen molar-refractivity contribution in [2.45, 2.75) is 10.8 Å². The van der Waals surface area contributed by atoms with Crippen LogP contribution in [0.3, 0.4) is 0 Å². The number of benzene rings is 14. The van der Waals surface area contributed by atoms with Gasteiger partial charge in [-0.25, -0.2) is 29.9 Å². The van der Waals surface area contributed by atoms with Gasteiger partial charge in [0.15, 0.2) is 34.9 Å². The number of fused-ring (bicyclic) bond motifs is 19. The van der Waals surface area contributed by atoms with Gasteiger partial charge in [-0.3, -0.25) is 0 Å². The van der Waals surface area contributed by atoms with Gasteiger partial charge in [0.05, 0.1) is 22.0 Å². The lowest BCUT2D eigenvalue weighted by Crippen LogP contribution is -2.32. The van der Waals surface area contributed by atoms with E-state index in [2.05, 4.69) is 273 Å². The molecule has 0 amide bonds. The average Bonchev–Trinajstić information content (AvgIpc) is 1.50. The van der Waals surface area contributed by atoms with Crippen molar-refractivity contribution in [1.29, 1.82) is 0 Å². The molecule has 2 aliphatic carbocycles. The summed E-state index contributed by atoms with van der Waals surface area (Å²) >= 11 is 0.